The number of benzene rings is 2. The molecule has 1 unspecified atom stereocenters. The van der Waals surface area contributed by atoms with Gasteiger partial charge in [-0.15, -0.1) is 0 Å². The van der Waals surface area contributed by atoms with Crippen LogP contribution in [-0.2, 0) is 6.42 Å². The Bertz CT molecular complexity index is 542. The van der Waals surface area contributed by atoms with Crippen molar-refractivity contribution >= 4 is 27.5 Å². The number of aliphatic hydroxyl groups excluding tert-OH is 1. The molecule has 0 fully saturated rings. The molecule has 0 saturated carbocycles. The zero-order chi connectivity index (χ0) is 13.1. The van der Waals surface area contributed by atoms with E-state index in [9.17, 15) is 9.50 Å². The molecule has 0 amide bonds. The largest absolute Gasteiger partial charge is 0.388 e. The van der Waals surface area contributed by atoms with Crippen molar-refractivity contribution in [1.29, 1.82) is 0 Å². The summed E-state index contributed by atoms with van der Waals surface area (Å²) >= 11 is 8.90. The van der Waals surface area contributed by atoms with Gasteiger partial charge in [0, 0.05) is 11.4 Å². The van der Waals surface area contributed by atoms with E-state index < -0.39 is 6.10 Å². The molecule has 4 heteroatoms. The van der Waals surface area contributed by atoms with Crippen LogP contribution in [0.3, 0.4) is 0 Å². The molecule has 0 radical (unpaired) electrons. The summed E-state index contributed by atoms with van der Waals surface area (Å²) in [5.74, 6) is -0.336. The molecule has 0 bridgehead atoms. The van der Waals surface area contributed by atoms with Gasteiger partial charge in [0.15, 0.2) is 0 Å². The molecule has 0 aromatic heterocycles. The first-order chi connectivity index (χ1) is 8.56. The normalized spacial score (nSPS) is 12.4. The Morgan fingerprint density at radius 1 is 1.17 bits per heavy atom. The molecular weight excluding hydrogens is 319 g/mol. The van der Waals surface area contributed by atoms with Crippen molar-refractivity contribution in [3.05, 3.63) is 68.9 Å². The highest BCUT2D eigenvalue weighted by Crippen LogP contribution is 2.24. The van der Waals surface area contributed by atoms with Crippen LogP contribution in [0.2, 0.25) is 5.02 Å². The van der Waals surface area contributed by atoms with Crippen LogP contribution in [-0.4, -0.2) is 5.11 Å². The molecule has 2 rings (SSSR count). The van der Waals surface area contributed by atoms with Crippen LogP contribution in [0.25, 0.3) is 0 Å². The predicted molar refractivity (Wildman–Crippen MR) is 74.2 cm³/mol. The first-order valence-corrected chi connectivity index (χ1v) is 6.61. The van der Waals surface area contributed by atoms with Crippen molar-refractivity contribution in [1.82, 2.24) is 0 Å². The lowest BCUT2D eigenvalue weighted by atomic mass is 10.0. The van der Waals surface area contributed by atoms with Crippen LogP contribution in [0.15, 0.2) is 46.9 Å². The van der Waals surface area contributed by atoms with Crippen molar-refractivity contribution in [2.24, 2.45) is 0 Å². The fraction of sp³-hybridized carbons (Fsp3) is 0.143. The van der Waals surface area contributed by atoms with Gasteiger partial charge in [0.25, 0.3) is 0 Å². The number of aliphatic hydroxyl groups is 1. The second-order valence-electron chi connectivity index (χ2n) is 4.02. The minimum Gasteiger partial charge on any atom is -0.388 e. The number of rotatable bonds is 3. The summed E-state index contributed by atoms with van der Waals surface area (Å²) in [5, 5.41) is 10.7. The van der Waals surface area contributed by atoms with Crippen molar-refractivity contribution < 1.29 is 9.50 Å². The van der Waals surface area contributed by atoms with E-state index in [4.69, 9.17) is 11.6 Å². The second-order valence-corrected chi connectivity index (χ2v) is 5.31. The Labute approximate surface area is 118 Å². The van der Waals surface area contributed by atoms with Crippen LogP contribution in [0.4, 0.5) is 4.39 Å². The molecule has 0 aliphatic heterocycles. The lowest BCUT2D eigenvalue weighted by molar-refractivity contribution is 0.178. The van der Waals surface area contributed by atoms with E-state index in [0.29, 0.717) is 21.5 Å². The van der Waals surface area contributed by atoms with E-state index in [1.165, 1.54) is 6.07 Å². The maximum absolute atomic E-state index is 13.1. The molecular formula is C14H11BrClFO. The zero-order valence-electron chi connectivity index (χ0n) is 9.41. The van der Waals surface area contributed by atoms with Gasteiger partial charge < -0.3 is 5.11 Å². The minimum absolute atomic E-state index is 0.336. The fourth-order valence-electron chi connectivity index (χ4n) is 1.68. The SMILES string of the molecule is OC(Cc1ccc(Cl)cc1)c1ccc(F)c(Br)c1. The van der Waals surface area contributed by atoms with Gasteiger partial charge in [0.05, 0.1) is 10.6 Å². The van der Waals surface area contributed by atoms with Gasteiger partial charge in [0.1, 0.15) is 5.82 Å². The second kappa shape index (κ2) is 5.83. The monoisotopic (exact) mass is 328 g/mol. The van der Waals surface area contributed by atoms with E-state index in [1.54, 1.807) is 24.3 Å². The molecule has 0 aliphatic carbocycles. The fourth-order valence-corrected chi connectivity index (χ4v) is 2.20. The summed E-state index contributed by atoms with van der Waals surface area (Å²) in [7, 11) is 0. The Morgan fingerprint density at radius 2 is 1.83 bits per heavy atom. The Kier molecular flexibility index (Phi) is 4.38. The average molecular weight is 330 g/mol. The summed E-state index contributed by atoms with van der Waals surface area (Å²) in [6.07, 6.45) is -0.196. The average Bonchev–Trinajstić information content (AvgIpc) is 2.35. The van der Waals surface area contributed by atoms with Gasteiger partial charge in [-0.2, -0.15) is 0 Å². The summed E-state index contributed by atoms with van der Waals surface area (Å²) in [5.41, 5.74) is 1.66. The maximum atomic E-state index is 13.1. The van der Waals surface area contributed by atoms with Crippen LogP contribution in [0, 0.1) is 5.82 Å². The molecule has 0 aliphatic rings. The van der Waals surface area contributed by atoms with Crippen molar-refractivity contribution in [2.45, 2.75) is 12.5 Å². The van der Waals surface area contributed by atoms with Gasteiger partial charge in [-0.25, -0.2) is 4.39 Å². The van der Waals surface area contributed by atoms with Crippen molar-refractivity contribution in [2.75, 3.05) is 0 Å². The Hall–Kier alpha value is -0.900. The van der Waals surface area contributed by atoms with Gasteiger partial charge in [-0.1, -0.05) is 29.8 Å². The first kappa shape index (κ1) is 13.5. The molecule has 0 saturated heterocycles. The van der Waals surface area contributed by atoms with E-state index in [-0.39, 0.29) is 5.82 Å². The number of hydrogen-bond donors (Lipinski definition) is 1. The zero-order valence-corrected chi connectivity index (χ0v) is 11.7. The van der Waals surface area contributed by atoms with Crippen molar-refractivity contribution in [3.8, 4) is 0 Å². The van der Waals surface area contributed by atoms with Crippen LogP contribution < -0.4 is 0 Å². The summed E-state index contributed by atoms with van der Waals surface area (Å²) < 4.78 is 13.4. The summed E-state index contributed by atoms with van der Waals surface area (Å²) in [4.78, 5) is 0. The summed E-state index contributed by atoms with van der Waals surface area (Å²) in [6.45, 7) is 0. The molecule has 1 nitrogen and oxygen atoms in total. The molecule has 0 spiro atoms. The number of hydrogen-bond acceptors (Lipinski definition) is 1. The molecule has 2 aromatic carbocycles. The maximum Gasteiger partial charge on any atom is 0.137 e. The third-order valence-corrected chi connectivity index (χ3v) is 3.53. The molecule has 18 heavy (non-hydrogen) atoms. The van der Waals surface area contributed by atoms with Gasteiger partial charge in [-0.05, 0) is 51.3 Å². The lowest BCUT2D eigenvalue weighted by Crippen LogP contribution is -2.02. The molecule has 2 aromatic rings. The first-order valence-electron chi connectivity index (χ1n) is 5.44. The smallest absolute Gasteiger partial charge is 0.137 e. The van der Waals surface area contributed by atoms with Gasteiger partial charge >= 0.3 is 0 Å². The highest BCUT2D eigenvalue weighted by Gasteiger charge is 2.10. The molecule has 94 valence electrons. The van der Waals surface area contributed by atoms with Gasteiger partial charge in [-0.3, -0.25) is 0 Å². The topological polar surface area (TPSA) is 20.2 Å². The minimum atomic E-state index is -0.664. The van der Waals surface area contributed by atoms with E-state index >= 15 is 0 Å². The molecule has 1 atom stereocenters. The summed E-state index contributed by atoms with van der Waals surface area (Å²) in [6, 6.07) is 11.8. The van der Waals surface area contributed by atoms with Gasteiger partial charge in [0.2, 0.25) is 0 Å². The third-order valence-electron chi connectivity index (χ3n) is 2.67. The standard InChI is InChI=1S/C14H11BrClFO/c15-12-8-10(3-6-13(12)17)14(18)7-9-1-4-11(16)5-2-9/h1-6,8,14,18H,7H2. The third kappa shape index (κ3) is 3.31. The number of halogens is 3. The Balaban J connectivity index is 2.13. The Morgan fingerprint density at radius 3 is 2.44 bits per heavy atom. The highest BCUT2D eigenvalue weighted by molar-refractivity contribution is 9.10. The highest BCUT2D eigenvalue weighted by atomic mass is 79.9. The quantitative estimate of drug-likeness (QED) is 0.878. The molecule has 0 heterocycles. The van der Waals surface area contributed by atoms with E-state index in [2.05, 4.69) is 15.9 Å². The predicted octanol–water partition coefficient (Wildman–Crippen LogP) is 4.52. The van der Waals surface area contributed by atoms with Crippen LogP contribution in [0.1, 0.15) is 17.2 Å². The van der Waals surface area contributed by atoms with E-state index in [1.807, 2.05) is 12.1 Å². The lowest BCUT2D eigenvalue weighted by Gasteiger charge is -2.11. The van der Waals surface area contributed by atoms with E-state index in [0.717, 1.165) is 5.56 Å². The van der Waals surface area contributed by atoms with Crippen LogP contribution in [0.5, 0.6) is 0 Å². The molecule has 1 N–H and O–H groups in total. The van der Waals surface area contributed by atoms with Crippen molar-refractivity contribution in [3.63, 3.8) is 0 Å². The van der Waals surface area contributed by atoms with Crippen LogP contribution >= 0.6 is 27.5 Å².